The first-order valence-corrected chi connectivity index (χ1v) is 6.27. The lowest BCUT2D eigenvalue weighted by Crippen LogP contribution is -2.35. The first-order chi connectivity index (χ1) is 8.93. The van der Waals surface area contributed by atoms with Crippen LogP contribution in [-0.4, -0.2) is 60.1 Å². The van der Waals surface area contributed by atoms with Gasteiger partial charge < -0.3 is 14.5 Å². The van der Waals surface area contributed by atoms with Crippen molar-refractivity contribution in [3.05, 3.63) is 5.28 Å². The van der Waals surface area contributed by atoms with Gasteiger partial charge in [0.15, 0.2) is 0 Å². The van der Waals surface area contributed by atoms with Crippen molar-refractivity contribution in [2.24, 2.45) is 0 Å². The molecular formula is C11H18ClN5O2. The van der Waals surface area contributed by atoms with Crippen LogP contribution in [0.1, 0.15) is 13.3 Å². The van der Waals surface area contributed by atoms with Gasteiger partial charge in [-0.25, -0.2) is 0 Å². The van der Waals surface area contributed by atoms with E-state index >= 15 is 0 Å². The summed E-state index contributed by atoms with van der Waals surface area (Å²) in [6, 6.07) is 0.168. The number of hydrogen-bond acceptors (Lipinski definition) is 6. The number of aromatic nitrogens is 3. The van der Waals surface area contributed by atoms with Crippen LogP contribution in [0.25, 0.3) is 0 Å². The molecule has 1 amide bonds. The summed E-state index contributed by atoms with van der Waals surface area (Å²) in [4.78, 5) is 26.7. The molecular weight excluding hydrogens is 270 g/mol. The number of ether oxygens (including phenoxy) is 1. The maximum absolute atomic E-state index is 11.6. The predicted molar refractivity (Wildman–Crippen MR) is 72.6 cm³/mol. The molecule has 8 heteroatoms. The first-order valence-electron chi connectivity index (χ1n) is 5.89. The Hall–Kier alpha value is -1.63. The smallest absolute Gasteiger partial charge is 0.322 e. The highest BCUT2D eigenvalue weighted by Gasteiger charge is 2.14. The number of carbonyl (C=O) groups excluding carboxylic acids is 1. The van der Waals surface area contributed by atoms with Gasteiger partial charge in [0, 0.05) is 21.1 Å². The minimum atomic E-state index is -0.0601. The van der Waals surface area contributed by atoms with Crippen LogP contribution in [0, 0.1) is 0 Å². The fraction of sp³-hybridized carbons (Fsp3) is 0.636. The summed E-state index contributed by atoms with van der Waals surface area (Å²) in [6.45, 7) is 2.63. The molecule has 1 heterocycles. The standard InChI is InChI=1S/C11H18ClN5O2/c1-5-6-19-11-14-9(12)13-10(15-11)17(4)7-8(18)16(2)3/h5-7H2,1-4H3. The summed E-state index contributed by atoms with van der Waals surface area (Å²) >= 11 is 5.81. The number of carbonyl (C=O) groups is 1. The summed E-state index contributed by atoms with van der Waals surface area (Å²) in [5, 5.41) is 0.0419. The fourth-order valence-corrected chi connectivity index (χ4v) is 1.31. The number of halogens is 1. The lowest BCUT2D eigenvalue weighted by molar-refractivity contribution is -0.127. The molecule has 0 aliphatic rings. The third-order valence-corrected chi connectivity index (χ3v) is 2.39. The Morgan fingerprint density at radius 2 is 1.95 bits per heavy atom. The number of nitrogens with zero attached hydrogens (tertiary/aromatic N) is 5. The van der Waals surface area contributed by atoms with Crippen LogP contribution < -0.4 is 9.64 Å². The van der Waals surface area contributed by atoms with Gasteiger partial charge in [0.05, 0.1) is 13.2 Å². The van der Waals surface area contributed by atoms with Crippen molar-refractivity contribution in [2.75, 3.05) is 39.2 Å². The van der Waals surface area contributed by atoms with Crippen LogP contribution in [0.15, 0.2) is 0 Å². The molecule has 0 saturated heterocycles. The largest absolute Gasteiger partial charge is 0.463 e. The van der Waals surface area contributed by atoms with E-state index in [0.29, 0.717) is 12.6 Å². The zero-order chi connectivity index (χ0) is 14.4. The van der Waals surface area contributed by atoms with Crippen LogP contribution in [0.4, 0.5) is 5.95 Å². The second-order valence-corrected chi connectivity index (χ2v) is 4.52. The normalized spacial score (nSPS) is 10.2. The third-order valence-electron chi connectivity index (χ3n) is 2.22. The lowest BCUT2D eigenvalue weighted by Gasteiger charge is -2.19. The Labute approximate surface area is 117 Å². The van der Waals surface area contributed by atoms with Gasteiger partial charge in [-0.3, -0.25) is 4.79 Å². The highest BCUT2D eigenvalue weighted by atomic mass is 35.5. The van der Waals surface area contributed by atoms with Gasteiger partial charge in [-0.2, -0.15) is 15.0 Å². The second-order valence-electron chi connectivity index (χ2n) is 4.18. The molecule has 0 atom stereocenters. The summed E-state index contributed by atoms with van der Waals surface area (Å²) in [6.07, 6.45) is 0.841. The van der Waals surface area contributed by atoms with Gasteiger partial charge in [0.1, 0.15) is 0 Å². The Kier molecular flexibility index (Phi) is 5.75. The minimum absolute atomic E-state index is 0.0419. The third kappa shape index (κ3) is 4.86. The molecule has 0 saturated carbocycles. The van der Waals surface area contributed by atoms with E-state index < -0.39 is 0 Å². The van der Waals surface area contributed by atoms with E-state index in [0.717, 1.165) is 6.42 Å². The van der Waals surface area contributed by atoms with Crippen molar-refractivity contribution in [2.45, 2.75) is 13.3 Å². The number of likely N-dealkylation sites (N-methyl/N-ethyl adjacent to an activating group) is 2. The molecule has 0 radical (unpaired) electrons. The molecule has 0 aromatic carbocycles. The molecule has 1 rings (SSSR count). The number of hydrogen-bond donors (Lipinski definition) is 0. The molecule has 0 aliphatic heterocycles. The molecule has 0 bridgehead atoms. The van der Waals surface area contributed by atoms with Crippen LogP contribution in [0.2, 0.25) is 5.28 Å². The topological polar surface area (TPSA) is 71.5 Å². The monoisotopic (exact) mass is 287 g/mol. The SMILES string of the molecule is CCCOc1nc(Cl)nc(N(C)CC(=O)N(C)C)n1. The molecule has 0 N–H and O–H groups in total. The molecule has 19 heavy (non-hydrogen) atoms. The molecule has 0 fully saturated rings. The van der Waals surface area contributed by atoms with Gasteiger partial charge in [-0.1, -0.05) is 6.92 Å². The number of rotatable bonds is 6. The second kappa shape index (κ2) is 7.08. The zero-order valence-electron chi connectivity index (χ0n) is 11.6. The van der Waals surface area contributed by atoms with E-state index in [9.17, 15) is 4.79 Å². The zero-order valence-corrected chi connectivity index (χ0v) is 12.3. The van der Waals surface area contributed by atoms with Crippen molar-refractivity contribution in [1.29, 1.82) is 0 Å². The molecule has 1 aromatic heterocycles. The summed E-state index contributed by atoms with van der Waals surface area (Å²) < 4.78 is 5.31. The molecule has 0 aliphatic carbocycles. The van der Waals surface area contributed by atoms with Gasteiger partial charge in [-0.15, -0.1) is 0 Å². The lowest BCUT2D eigenvalue weighted by atomic mass is 10.5. The van der Waals surface area contributed by atoms with Crippen molar-refractivity contribution in [1.82, 2.24) is 19.9 Å². The van der Waals surface area contributed by atoms with E-state index in [1.54, 1.807) is 26.0 Å². The van der Waals surface area contributed by atoms with Crippen molar-refractivity contribution < 1.29 is 9.53 Å². The quantitative estimate of drug-likeness (QED) is 0.772. The summed E-state index contributed by atoms with van der Waals surface area (Å²) in [7, 11) is 5.08. The van der Waals surface area contributed by atoms with E-state index in [1.807, 2.05) is 6.92 Å². The number of amides is 1. The van der Waals surface area contributed by atoms with Crippen LogP contribution in [-0.2, 0) is 4.79 Å². The molecule has 7 nitrogen and oxygen atoms in total. The molecule has 1 aromatic rings. The Balaban J connectivity index is 2.81. The van der Waals surface area contributed by atoms with Crippen molar-refractivity contribution in [3.63, 3.8) is 0 Å². The van der Waals surface area contributed by atoms with Gasteiger partial charge in [0.2, 0.25) is 17.1 Å². The van der Waals surface area contributed by atoms with Gasteiger partial charge in [0.25, 0.3) is 0 Å². The highest BCUT2D eigenvalue weighted by Crippen LogP contribution is 2.14. The Bertz CT molecular complexity index is 441. The Morgan fingerprint density at radius 1 is 1.26 bits per heavy atom. The van der Waals surface area contributed by atoms with Gasteiger partial charge >= 0.3 is 6.01 Å². The average Bonchev–Trinajstić information content (AvgIpc) is 2.35. The maximum atomic E-state index is 11.6. The highest BCUT2D eigenvalue weighted by molar-refractivity contribution is 6.28. The van der Waals surface area contributed by atoms with E-state index in [2.05, 4.69) is 15.0 Å². The first kappa shape index (κ1) is 15.4. The predicted octanol–water partition coefficient (Wildman–Crippen LogP) is 0.838. The van der Waals surface area contributed by atoms with Crippen LogP contribution in [0.5, 0.6) is 6.01 Å². The van der Waals surface area contributed by atoms with Crippen molar-refractivity contribution >= 4 is 23.5 Å². The van der Waals surface area contributed by atoms with Crippen LogP contribution in [0.3, 0.4) is 0 Å². The average molecular weight is 288 g/mol. The minimum Gasteiger partial charge on any atom is -0.463 e. The molecule has 106 valence electrons. The van der Waals surface area contributed by atoms with Crippen LogP contribution >= 0.6 is 11.6 Å². The fourth-order valence-electron chi connectivity index (χ4n) is 1.17. The van der Waals surface area contributed by atoms with Gasteiger partial charge in [-0.05, 0) is 18.0 Å². The van der Waals surface area contributed by atoms with E-state index in [4.69, 9.17) is 16.3 Å². The molecule has 0 spiro atoms. The maximum Gasteiger partial charge on any atom is 0.322 e. The Morgan fingerprint density at radius 3 is 2.53 bits per heavy atom. The van der Waals surface area contributed by atoms with E-state index in [-0.39, 0.29) is 23.7 Å². The summed E-state index contributed by atoms with van der Waals surface area (Å²) in [5.41, 5.74) is 0. The number of anilines is 1. The van der Waals surface area contributed by atoms with E-state index in [1.165, 1.54) is 4.90 Å². The van der Waals surface area contributed by atoms with Crippen molar-refractivity contribution in [3.8, 4) is 6.01 Å². The molecule has 0 unspecified atom stereocenters. The summed E-state index contributed by atoms with van der Waals surface area (Å²) in [5.74, 6) is 0.247.